The number of carbonyl (C=O) groups excluding carboxylic acids is 3. The van der Waals surface area contributed by atoms with Crippen LogP contribution in [-0.2, 0) is 14.3 Å². The molecule has 0 aliphatic rings. The standard InChI is InChI=1S/C31H51N3O4/c1-9-13-15-20-32-28(35)27(25-19-17-18-24(12-4)22-25)34(21-16-14-10-2)29(36)26(23(5)11-3)33-30(37)38-31(6,7)8/h12,17-19,22-23,26-27H,4,9-11,13-16,20-21H2,1-3,5-8H3,(H,32,35)(H,33,37). The van der Waals surface area contributed by atoms with Crippen LogP contribution in [0.1, 0.15) is 111 Å². The summed E-state index contributed by atoms with van der Waals surface area (Å²) >= 11 is 0. The van der Waals surface area contributed by atoms with Gasteiger partial charge < -0.3 is 20.3 Å². The van der Waals surface area contributed by atoms with Crippen molar-refractivity contribution in [2.45, 2.75) is 111 Å². The van der Waals surface area contributed by atoms with Gasteiger partial charge in [0.2, 0.25) is 11.8 Å². The Morgan fingerprint density at radius 3 is 2.29 bits per heavy atom. The van der Waals surface area contributed by atoms with E-state index in [1.165, 1.54) is 0 Å². The second-order valence-corrected chi connectivity index (χ2v) is 11.0. The maximum absolute atomic E-state index is 14.2. The molecular formula is C31H51N3O4. The van der Waals surface area contributed by atoms with Crippen LogP contribution >= 0.6 is 0 Å². The van der Waals surface area contributed by atoms with Gasteiger partial charge in [0.15, 0.2) is 0 Å². The average molecular weight is 530 g/mol. The van der Waals surface area contributed by atoms with E-state index >= 15 is 0 Å². The van der Waals surface area contributed by atoms with Crippen LogP contribution in [0.2, 0.25) is 0 Å². The van der Waals surface area contributed by atoms with Gasteiger partial charge in [-0.25, -0.2) is 4.79 Å². The number of carbonyl (C=O) groups is 3. The summed E-state index contributed by atoms with van der Waals surface area (Å²) in [5.74, 6) is -0.650. The monoisotopic (exact) mass is 529 g/mol. The minimum atomic E-state index is -0.826. The van der Waals surface area contributed by atoms with Crippen molar-refractivity contribution in [3.05, 3.63) is 42.0 Å². The minimum absolute atomic E-state index is 0.156. The van der Waals surface area contributed by atoms with Crippen molar-refractivity contribution < 1.29 is 19.1 Å². The van der Waals surface area contributed by atoms with Gasteiger partial charge in [0.05, 0.1) is 0 Å². The lowest BCUT2D eigenvalue weighted by Crippen LogP contribution is -2.55. The number of benzene rings is 1. The van der Waals surface area contributed by atoms with Gasteiger partial charge in [0.25, 0.3) is 0 Å². The van der Waals surface area contributed by atoms with E-state index in [4.69, 9.17) is 4.74 Å². The lowest BCUT2D eigenvalue weighted by molar-refractivity contribution is -0.143. The summed E-state index contributed by atoms with van der Waals surface area (Å²) in [5.41, 5.74) is 0.901. The number of nitrogens with one attached hydrogen (secondary N) is 2. The average Bonchev–Trinajstić information content (AvgIpc) is 2.87. The van der Waals surface area contributed by atoms with Crippen molar-refractivity contribution in [3.63, 3.8) is 0 Å². The zero-order valence-corrected chi connectivity index (χ0v) is 24.8. The largest absolute Gasteiger partial charge is 0.444 e. The van der Waals surface area contributed by atoms with Crippen LogP contribution in [0.3, 0.4) is 0 Å². The van der Waals surface area contributed by atoms with Gasteiger partial charge in [-0.05, 0) is 56.7 Å². The summed E-state index contributed by atoms with van der Waals surface area (Å²) in [7, 11) is 0. The molecule has 0 bridgehead atoms. The molecule has 1 aromatic carbocycles. The lowest BCUT2D eigenvalue weighted by atomic mass is 9.95. The lowest BCUT2D eigenvalue weighted by Gasteiger charge is -2.36. The molecule has 7 heteroatoms. The first-order valence-corrected chi connectivity index (χ1v) is 14.3. The molecule has 2 N–H and O–H groups in total. The Balaban J connectivity index is 3.50. The maximum atomic E-state index is 14.2. The molecule has 1 aromatic rings. The van der Waals surface area contributed by atoms with E-state index in [1.54, 1.807) is 31.7 Å². The molecule has 0 aliphatic carbocycles. The molecule has 38 heavy (non-hydrogen) atoms. The Morgan fingerprint density at radius 1 is 1.05 bits per heavy atom. The van der Waals surface area contributed by atoms with E-state index in [1.807, 2.05) is 38.1 Å². The normalized spacial score (nSPS) is 13.7. The highest BCUT2D eigenvalue weighted by Gasteiger charge is 2.37. The van der Waals surface area contributed by atoms with Crippen molar-refractivity contribution in [1.82, 2.24) is 15.5 Å². The van der Waals surface area contributed by atoms with Gasteiger partial charge in [-0.1, -0.05) is 90.7 Å². The number of amides is 3. The van der Waals surface area contributed by atoms with Gasteiger partial charge in [0, 0.05) is 13.1 Å². The van der Waals surface area contributed by atoms with E-state index < -0.39 is 23.8 Å². The highest BCUT2D eigenvalue weighted by molar-refractivity contribution is 5.92. The van der Waals surface area contributed by atoms with E-state index in [2.05, 4.69) is 31.1 Å². The summed E-state index contributed by atoms with van der Waals surface area (Å²) < 4.78 is 5.48. The van der Waals surface area contributed by atoms with Crippen molar-refractivity contribution in [3.8, 4) is 0 Å². The highest BCUT2D eigenvalue weighted by Crippen LogP contribution is 2.26. The third kappa shape index (κ3) is 11.3. The van der Waals surface area contributed by atoms with E-state index in [-0.39, 0.29) is 17.7 Å². The molecule has 1 rings (SSSR count). The topological polar surface area (TPSA) is 87.7 Å². The highest BCUT2D eigenvalue weighted by atomic mass is 16.6. The van der Waals surface area contributed by atoms with Gasteiger partial charge in [-0.15, -0.1) is 0 Å². The Kier molecular flexibility index (Phi) is 14.8. The molecule has 0 fully saturated rings. The van der Waals surface area contributed by atoms with Gasteiger partial charge in [-0.2, -0.15) is 0 Å². The maximum Gasteiger partial charge on any atom is 0.408 e. The molecule has 3 atom stereocenters. The number of nitrogens with zero attached hydrogens (tertiary/aromatic N) is 1. The van der Waals surface area contributed by atoms with Gasteiger partial charge in [0.1, 0.15) is 17.7 Å². The molecule has 0 saturated carbocycles. The van der Waals surface area contributed by atoms with Crippen LogP contribution < -0.4 is 10.6 Å². The zero-order chi connectivity index (χ0) is 28.7. The minimum Gasteiger partial charge on any atom is -0.444 e. The third-order valence-corrected chi connectivity index (χ3v) is 6.54. The summed E-state index contributed by atoms with van der Waals surface area (Å²) in [6.07, 6.45) is 7.37. The fraction of sp³-hybridized carbons (Fsp3) is 0.645. The third-order valence-electron chi connectivity index (χ3n) is 6.54. The number of ether oxygens (including phenoxy) is 1. The summed E-state index contributed by atoms with van der Waals surface area (Å²) in [4.78, 5) is 42.4. The number of hydrogen-bond donors (Lipinski definition) is 2. The van der Waals surface area contributed by atoms with Crippen molar-refractivity contribution >= 4 is 24.0 Å². The van der Waals surface area contributed by atoms with E-state index in [0.29, 0.717) is 19.5 Å². The van der Waals surface area contributed by atoms with Crippen LogP contribution in [0.25, 0.3) is 6.08 Å². The molecular weight excluding hydrogens is 478 g/mol. The van der Waals surface area contributed by atoms with Crippen molar-refractivity contribution in [2.75, 3.05) is 13.1 Å². The van der Waals surface area contributed by atoms with Crippen LogP contribution in [0.15, 0.2) is 30.8 Å². The molecule has 0 spiro atoms. The van der Waals surface area contributed by atoms with Crippen molar-refractivity contribution in [2.24, 2.45) is 5.92 Å². The quantitative estimate of drug-likeness (QED) is 0.235. The Morgan fingerprint density at radius 2 is 1.71 bits per heavy atom. The van der Waals surface area contributed by atoms with Gasteiger partial charge in [-0.3, -0.25) is 9.59 Å². The molecule has 0 aromatic heterocycles. The second-order valence-electron chi connectivity index (χ2n) is 11.0. The first kappa shape index (κ1) is 33.2. The van der Waals surface area contributed by atoms with Crippen molar-refractivity contribution in [1.29, 1.82) is 0 Å². The van der Waals surface area contributed by atoms with Crippen LogP contribution in [-0.4, -0.2) is 47.5 Å². The van der Waals surface area contributed by atoms with Crippen LogP contribution in [0, 0.1) is 5.92 Å². The smallest absolute Gasteiger partial charge is 0.408 e. The molecule has 0 radical (unpaired) electrons. The SMILES string of the molecule is C=Cc1cccc(C(C(=O)NCCCCC)N(CCCCC)C(=O)C(NC(=O)OC(C)(C)C)C(C)CC)c1. The Labute approximate surface area is 230 Å². The predicted molar refractivity (Wildman–Crippen MR) is 156 cm³/mol. The van der Waals surface area contributed by atoms with E-state index in [9.17, 15) is 14.4 Å². The van der Waals surface area contributed by atoms with E-state index in [0.717, 1.165) is 49.7 Å². The summed E-state index contributed by atoms with van der Waals surface area (Å²) in [6.45, 7) is 18.3. The molecule has 3 unspecified atom stereocenters. The summed E-state index contributed by atoms with van der Waals surface area (Å²) in [5, 5.41) is 5.88. The Bertz CT molecular complexity index is 893. The fourth-order valence-electron chi connectivity index (χ4n) is 4.21. The molecule has 3 amide bonds. The Hall–Kier alpha value is -2.83. The summed E-state index contributed by atoms with van der Waals surface area (Å²) in [6, 6.07) is 5.93. The zero-order valence-electron chi connectivity index (χ0n) is 24.8. The molecule has 0 aliphatic heterocycles. The molecule has 7 nitrogen and oxygen atoms in total. The number of alkyl carbamates (subject to hydrolysis) is 1. The molecule has 214 valence electrons. The first-order valence-electron chi connectivity index (χ1n) is 14.3. The second kappa shape index (κ2) is 16.9. The first-order chi connectivity index (χ1) is 18.0. The van der Waals surface area contributed by atoms with Crippen LogP contribution in [0.5, 0.6) is 0 Å². The molecule has 0 heterocycles. The number of hydrogen-bond acceptors (Lipinski definition) is 4. The molecule has 0 saturated heterocycles. The predicted octanol–water partition coefficient (Wildman–Crippen LogP) is 6.64. The van der Waals surface area contributed by atoms with Crippen LogP contribution in [0.4, 0.5) is 4.79 Å². The number of unbranched alkanes of at least 4 members (excludes halogenated alkanes) is 4. The fourth-order valence-corrected chi connectivity index (χ4v) is 4.21. The van der Waals surface area contributed by atoms with Gasteiger partial charge >= 0.3 is 6.09 Å². The number of rotatable bonds is 16.